The van der Waals surface area contributed by atoms with E-state index in [-0.39, 0.29) is 12.5 Å². The number of pyridine rings is 1. The van der Waals surface area contributed by atoms with Crippen LogP contribution in [0.4, 0.5) is 4.79 Å². The highest BCUT2D eigenvalue weighted by atomic mass is 35.5. The molecule has 0 bridgehead atoms. The molecule has 1 amide bonds. The molecule has 0 saturated heterocycles. The first-order chi connectivity index (χ1) is 14.3. The monoisotopic (exact) mass is 466 g/mol. The largest absolute Gasteiger partial charge is 0.450 e. The second-order valence-corrected chi connectivity index (χ2v) is 9.15. The van der Waals surface area contributed by atoms with E-state index in [0.29, 0.717) is 23.0 Å². The van der Waals surface area contributed by atoms with Crippen LogP contribution >= 0.6 is 35.0 Å². The first-order valence-electron chi connectivity index (χ1n) is 9.51. The second kappa shape index (κ2) is 9.81. The van der Waals surface area contributed by atoms with Crippen molar-refractivity contribution in [3.63, 3.8) is 0 Å². The summed E-state index contributed by atoms with van der Waals surface area (Å²) >= 11 is 14.1. The zero-order valence-corrected chi connectivity index (χ0v) is 19.1. The number of nitrogens with two attached hydrogens (primary N) is 1. The third kappa shape index (κ3) is 5.14. The predicted octanol–water partition coefficient (Wildman–Crippen LogP) is 5.22. The number of carbonyl (C=O) groups is 1. The minimum absolute atomic E-state index is 0.190. The number of amides is 1. The Kier molecular flexibility index (Phi) is 7.39. The van der Waals surface area contributed by atoms with Crippen LogP contribution < -0.4 is 11.1 Å². The van der Waals surface area contributed by atoms with Crippen LogP contribution in [0.1, 0.15) is 25.8 Å². The smallest absolute Gasteiger partial charge is 0.404 e. The van der Waals surface area contributed by atoms with Crippen molar-refractivity contribution in [2.45, 2.75) is 37.4 Å². The normalized spacial score (nSPS) is 18.3. The summed E-state index contributed by atoms with van der Waals surface area (Å²) in [5.74, 6) is 0.190. The molecule has 1 aliphatic rings. The van der Waals surface area contributed by atoms with Gasteiger partial charge in [0.15, 0.2) is 0 Å². The topological polar surface area (TPSA) is 80.5 Å². The van der Waals surface area contributed by atoms with Gasteiger partial charge < -0.3 is 20.7 Å². The van der Waals surface area contributed by atoms with Crippen molar-refractivity contribution in [3.05, 3.63) is 69.6 Å². The average molecular weight is 467 g/mol. The molecule has 2 heterocycles. The molecule has 0 saturated carbocycles. The molecule has 1 aliphatic heterocycles. The van der Waals surface area contributed by atoms with Crippen LogP contribution in [-0.2, 0) is 11.3 Å². The molecule has 1 atom stereocenters. The lowest BCUT2D eigenvalue weighted by Crippen LogP contribution is -2.56. The SMILES string of the molecule is CC(C)C1(CCOC(N)=O)NC=C(Sc2cc(Cl)ccc2Cl)N1Cc1cccnc1. The predicted molar refractivity (Wildman–Crippen MR) is 121 cm³/mol. The number of rotatable bonds is 8. The van der Waals surface area contributed by atoms with Gasteiger partial charge in [0, 0.05) is 41.5 Å². The number of thioether (sulfide) groups is 1. The fraction of sp³-hybridized carbons (Fsp3) is 0.333. The second-order valence-electron chi connectivity index (χ2n) is 7.25. The van der Waals surface area contributed by atoms with Crippen LogP contribution in [0.2, 0.25) is 10.0 Å². The van der Waals surface area contributed by atoms with Crippen LogP contribution in [0, 0.1) is 5.92 Å². The Balaban J connectivity index is 1.92. The summed E-state index contributed by atoms with van der Waals surface area (Å²) in [7, 11) is 0. The Morgan fingerprint density at radius 3 is 2.83 bits per heavy atom. The van der Waals surface area contributed by atoms with E-state index in [1.165, 1.54) is 11.8 Å². The Hall–Kier alpha value is -2.09. The van der Waals surface area contributed by atoms with Crippen molar-refractivity contribution in [2.24, 2.45) is 11.7 Å². The molecule has 160 valence electrons. The highest BCUT2D eigenvalue weighted by Crippen LogP contribution is 2.44. The van der Waals surface area contributed by atoms with Crippen molar-refractivity contribution in [1.82, 2.24) is 15.2 Å². The van der Waals surface area contributed by atoms with Gasteiger partial charge in [-0.05, 0) is 35.7 Å². The minimum Gasteiger partial charge on any atom is -0.450 e. The number of ether oxygens (including phenoxy) is 1. The molecule has 2 aromatic rings. The minimum atomic E-state index is -0.779. The highest BCUT2D eigenvalue weighted by molar-refractivity contribution is 8.03. The summed E-state index contributed by atoms with van der Waals surface area (Å²) in [6.07, 6.45) is 5.34. The molecule has 0 fully saturated rings. The summed E-state index contributed by atoms with van der Waals surface area (Å²) in [6.45, 7) is 5.07. The van der Waals surface area contributed by atoms with E-state index in [2.05, 4.69) is 29.0 Å². The maximum Gasteiger partial charge on any atom is 0.404 e. The van der Waals surface area contributed by atoms with Gasteiger partial charge in [-0.2, -0.15) is 0 Å². The van der Waals surface area contributed by atoms with Crippen LogP contribution in [0.5, 0.6) is 0 Å². The summed E-state index contributed by atoms with van der Waals surface area (Å²) in [4.78, 5) is 18.5. The van der Waals surface area contributed by atoms with Gasteiger partial charge in [0.25, 0.3) is 0 Å². The standard InChI is InChI=1S/C21H24Cl2N4O2S/c1-14(2)21(7-9-29-20(24)28)26-12-19(27(21)13-15-4-3-8-25-11-15)30-18-10-16(22)5-6-17(18)23/h3-6,8,10-12,14,26H,7,9,13H2,1-2H3,(H2,24,28). The van der Waals surface area contributed by atoms with Crippen LogP contribution in [-0.4, -0.2) is 28.2 Å². The van der Waals surface area contributed by atoms with Crippen LogP contribution in [0.25, 0.3) is 0 Å². The number of benzene rings is 1. The number of nitrogens with zero attached hydrogens (tertiary/aromatic N) is 2. The van der Waals surface area contributed by atoms with Gasteiger partial charge >= 0.3 is 6.09 Å². The van der Waals surface area contributed by atoms with E-state index < -0.39 is 11.8 Å². The first-order valence-corrected chi connectivity index (χ1v) is 11.1. The molecular weight excluding hydrogens is 443 g/mol. The van der Waals surface area contributed by atoms with Gasteiger partial charge in [-0.25, -0.2) is 4.79 Å². The van der Waals surface area contributed by atoms with E-state index in [4.69, 9.17) is 33.7 Å². The van der Waals surface area contributed by atoms with Gasteiger partial charge in [0.1, 0.15) is 5.66 Å². The van der Waals surface area contributed by atoms with E-state index in [9.17, 15) is 4.79 Å². The molecule has 30 heavy (non-hydrogen) atoms. The third-order valence-electron chi connectivity index (χ3n) is 5.05. The van der Waals surface area contributed by atoms with E-state index in [0.717, 1.165) is 15.5 Å². The Morgan fingerprint density at radius 1 is 1.37 bits per heavy atom. The molecule has 0 aliphatic carbocycles. The van der Waals surface area contributed by atoms with Crippen molar-refractivity contribution in [1.29, 1.82) is 0 Å². The molecule has 6 nitrogen and oxygen atoms in total. The van der Waals surface area contributed by atoms with Crippen LogP contribution in [0.15, 0.2) is 58.9 Å². The Morgan fingerprint density at radius 2 is 2.17 bits per heavy atom. The van der Waals surface area contributed by atoms with Crippen molar-refractivity contribution < 1.29 is 9.53 Å². The maximum atomic E-state index is 11.1. The quantitative estimate of drug-likeness (QED) is 0.554. The summed E-state index contributed by atoms with van der Waals surface area (Å²) in [5.41, 5.74) is 5.75. The lowest BCUT2D eigenvalue weighted by atomic mass is 9.91. The van der Waals surface area contributed by atoms with Crippen molar-refractivity contribution in [2.75, 3.05) is 6.61 Å². The van der Waals surface area contributed by atoms with E-state index in [1.54, 1.807) is 18.3 Å². The zero-order valence-electron chi connectivity index (χ0n) is 16.8. The number of hydrogen-bond acceptors (Lipinski definition) is 6. The summed E-state index contributed by atoms with van der Waals surface area (Å²) in [6, 6.07) is 9.35. The number of carbonyl (C=O) groups excluding carboxylic acids is 1. The zero-order chi connectivity index (χ0) is 21.7. The van der Waals surface area contributed by atoms with Gasteiger partial charge in [0.05, 0.1) is 16.7 Å². The summed E-state index contributed by atoms with van der Waals surface area (Å²) in [5, 5.41) is 5.77. The van der Waals surface area contributed by atoms with Gasteiger partial charge in [0.2, 0.25) is 0 Å². The maximum absolute atomic E-state index is 11.1. The molecule has 9 heteroatoms. The van der Waals surface area contributed by atoms with Gasteiger partial charge in [-0.3, -0.25) is 4.98 Å². The molecule has 1 aromatic heterocycles. The number of halogens is 2. The Bertz CT molecular complexity index is 926. The van der Waals surface area contributed by atoms with Gasteiger partial charge in [-0.15, -0.1) is 0 Å². The van der Waals surface area contributed by atoms with E-state index >= 15 is 0 Å². The molecule has 3 N–H and O–H groups in total. The molecule has 1 aromatic carbocycles. The van der Waals surface area contributed by atoms with E-state index in [1.807, 2.05) is 30.6 Å². The molecule has 0 spiro atoms. The fourth-order valence-corrected chi connectivity index (χ4v) is 4.97. The Labute approximate surface area is 190 Å². The molecular formula is C21H24Cl2N4O2S. The average Bonchev–Trinajstić information content (AvgIpc) is 3.04. The van der Waals surface area contributed by atoms with Crippen molar-refractivity contribution >= 4 is 41.1 Å². The lowest BCUT2D eigenvalue weighted by Gasteiger charge is -2.44. The molecule has 0 radical (unpaired) electrons. The van der Waals surface area contributed by atoms with Gasteiger partial charge in [-0.1, -0.05) is 54.9 Å². The number of nitrogens with one attached hydrogen (secondary N) is 1. The fourth-order valence-electron chi connectivity index (χ4n) is 3.47. The lowest BCUT2D eigenvalue weighted by molar-refractivity contribution is 0.0428. The molecule has 3 rings (SSSR count). The first kappa shape index (κ1) is 22.6. The summed E-state index contributed by atoms with van der Waals surface area (Å²) < 4.78 is 5.06. The van der Waals surface area contributed by atoms with Crippen LogP contribution in [0.3, 0.4) is 0 Å². The highest BCUT2D eigenvalue weighted by Gasteiger charge is 2.44. The number of aromatic nitrogens is 1. The number of primary amides is 1. The molecule has 1 unspecified atom stereocenters. The van der Waals surface area contributed by atoms with Crippen molar-refractivity contribution in [3.8, 4) is 0 Å². The number of hydrogen-bond donors (Lipinski definition) is 2. The third-order valence-corrected chi connectivity index (χ3v) is 6.83.